The lowest BCUT2D eigenvalue weighted by Gasteiger charge is -2.15. The van der Waals surface area contributed by atoms with E-state index in [-0.39, 0.29) is 29.6 Å². The fourth-order valence-corrected chi connectivity index (χ4v) is 5.75. The van der Waals surface area contributed by atoms with Crippen LogP contribution >= 0.6 is 34.4 Å². The van der Waals surface area contributed by atoms with Crippen LogP contribution in [0.1, 0.15) is 22.3 Å². The van der Waals surface area contributed by atoms with E-state index in [4.69, 9.17) is 0 Å². The highest BCUT2D eigenvalue weighted by Crippen LogP contribution is 2.34. The average Bonchev–Trinajstić information content (AvgIpc) is 3.30. The van der Waals surface area contributed by atoms with Gasteiger partial charge in [-0.3, -0.25) is 29.3 Å². The first-order valence-electron chi connectivity index (χ1n) is 13.2. The van der Waals surface area contributed by atoms with Crippen molar-refractivity contribution in [1.82, 2.24) is 5.32 Å². The van der Waals surface area contributed by atoms with Gasteiger partial charge in [-0.05, 0) is 107 Å². The molecule has 1 heterocycles. The third-order valence-electron chi connectivity index (χ3n) is 6.52. The zero-order valence-electron chi connectivity index (χ0n) is 22.8. The summed E-state index contributed by atoms with van der Waals surface area (Å²) in [5.74, 6) is -1.66. The number of rotatable bonds is 9. The molecule has 2 N–H and O–H groups in total. The van der Waals surface area contributed by atoms with Gasteiger partial charge in [0.2, 0.25) is 11.8 Å². The second-order valence-corrected chi connectivity index (χ2v) is 12.1. The van der Waals surface area contributed by atoms with Crippen LogP contribution in [0.25, 0.3) is 6.08 Å². The number of carbonyl (C=O) groups excluding carboxylic acids is 4. The number of nitro groups is 1. The van der Waals surface area contributed by atoms with Gasteiger partial charge in [0.15, 0.2) is 0 Å². The summed E-state index contributed by atoms with van der Waals surface area (Å²) in [6.07, 6.45) is 1.50. The minimum atomic E-state index is -0.613. The molecule has 44 heavy (non-hydrogen) atoms. The number of non-ortho nitro benzene ring substituents is 1. The number of imide groups is 1. The quantitative estimate of drug-likeness (QED) is 0.0709. The molecule has 5 rings (SSSR count). The normalized spacial score (nSPS) is 14.8. The predicted molar refractivity (Wildman–Crippen MR) is 176 cm³/mol. The van der Waals surface area contributed by atoms with Gasteiger partial charge in [0.25, 0.3) is 17.5 Å². The number of halogens is 1. The van der Waals surface area contributed by atoms with E-state index < -0.39 is 22.0 Å². The van der Waals surface area contributed by atoms with Crippen molar-refractivity contribution in [3.05, 3.63) is 134 Å². The van der Waals surface area contributed by atoms with Gasteiger partial charge in [-0.2, -0.15) is 0 Å². The number of nitrogens with zero attached hydrogens (tertiary/aromatic N) is 2. The Kier molecular flexibility index (Phi) is 9.50. The summed E-state index contributed by atoms with van der Waals surface area (Å²) in [7, 11) is 0. The first-order chi connectivity index (χ1) is 21.2. The number of nitro benzene ring substituents is 1. The number of carbonyl (C=O) groups is 4. The maximum absolute atomic E-state index is 13.3. The van der Waals surface area contributed by atoms with Crippen LogP contribution in [0.15, 0.2) is 114 Å². The molecule has 0 saturated carbocycles. The Morgan fingerprint density at radius 3 is 2.20 bits per heavy atom. The number of benzene rings is 4. The van der Waals surface area contributed by atoms with Gasteiger partial charge in [-0.25, -0.2) is 4.90 Å². The zero-order valence-corrected chi connectivity index (χ0v) is 25.8. The highest BCUT2D eigenvalue weighted by molar-refractivity contribution is 14.1. The fraction of sp³-hybridized carbons (Fsp3) is 0.0625. The van der Waals surface area contributed by atoms with Crippen molar-refractivity contribution in [2.75, 3.05) is 10.2 Å². The molecule has 1 aliphatic rings. The minimum absolute atomic E-state index is 0.0723. The van der Waals surface area contributed by atoms with Crippen LogP contribution in [-0.4, -0.2) is 33.8 Å². The van der Waals surface area contributed by atoms with Crippen molar-refractivity contribution in [3.63, 3.8) is 0 Å². The number of anilines is 2. The Labute approximate surface area is 269 Å². The molecule has 0 radical (unpaired) electrons. The fourth-order valence-electron chi connectivity index (χ4n) is 4.34. The summed E-state index contributed by atoms with van der Waals surface area (Å²) >= 11 is 3.42. The number of hydrogen-bond donors (Lipinski definition) is 2. The molecule has 0 spiro atoms. The Morgan fingerprint density at radius 2 is 1.57 bits per heavy atom. The molecular formula is C32H23IN4O6S. The van der Waals surface area contributed by atoms with Crippen molar-refractivity contribution in [1.29, 1.82) is 0 Å². The van der Waals surface area contributed by atoms with E-state index in [1.54, 1.807) is 66.7 Å². The van der Waals surface area contributed by atoms with Crippen LogP contribution < -0.4 is 15.5 Å². The van der Waals surface area contributed by atoms with Gasteiger partial charge >= 0.3 is 0 Å². The predicted octanol–water partition coefficient (Wildman–Crippen LogP) is 6.03. The van der Waals surface area contributed by atoms with E-state index in [0.717, 1.165) is 8.47 Å². The Balaban J connectivity index is 1.29. The van der Waals surface area contributed by atoms with Gasteiger partial charge in [-0.15, -0.1) is 11.8 Å². The molecule has 1 saturated heterocycles. The van der Waals surface area contributed by atoms with Crippen LogP contribution in [-0.2, 0) is 14.4 Å². The molecule has 1 fully saturated rings. The van der Waals surface area contributed by atoms with Gasteiger partial charge in [-0.1, -0.05) is 18.2 Å². The molecule has 0 aliphatic carbocycles. The van der Waals surface area contributed by atoms with Crippen molar-refractivity contribution in [2.45, 2.75) is 16.6 Å². The van der Waals surface area contributed by atoms with Crippen LogP contribution in [0.3, 0.4) is 0 Å². The highest BCUT2D eigenvalue weighted by atomic mass is 127. The second-order valence-electron chi connectivity index (χ2n) is 9.56. The maximum Gasteiger partial charge on any atom is 0.272 e. The standard InChI is InChI=1S/C32H23IN4O6S/c33-22-8-14-24(15-9-22)36-29(38)19-28(32(36)41)44-26-16-10-23(11-17-26)34-31(40)27(35-30(39)21-4-2-1-3-5-21)18-20-6-12-25(13-7-20)37(42)43/h1-18,28H,19H2,(H,34,40)(H,35,39)/b27-18-. The monoisotopic (exact) mass is 718 g/mol. The summed E-state index contributed by atoms with van der Waals surface area (Å²) in [5.41, 5.74) is 1.60. The van der Waals surface area contributed by atoms with E-state index >= 15 is 0 Å². The summed E-state index contributed by atoms with van der Waals surface area (Å²) < 4.78 is 0.996. The van der Waals surface area contributed by atoms with Gasteiger partial charge < -0.3 is 10.6 Å². The molecule has 4 aromatic rings. The van der Waals surface area contributed by atoms with Crippen LogP contribution in [0.2, 0.25) is 0 Å². The molecule has 1 unspecified atom stereocenters. The van der Waals surface area contributed by atoms with Gasteiger partial charge in [0.05, 0.1) is 15.9 Å². The molecule has 0 bridgehead atoms. The first kappa shape index (κ1) is 30.6. The number of nitrogens with one attached hydrogen (secondary N) is 2. The van der Waals surface area contributed by atoms with Crippen LogP contribution in [0.4, 0.5) is 17.1 Å². The molecule has 4 amide bonds. The third-order valence-corrected chi connectivity index (χ3v) is 8.44. The minimum Gasteiger partial charge on any atom is -0.321 e. The van der Waals surface area contributed by atoms with Gasteiger partial charge in [0.1, 0.15) is 5.70 Å². The molecule has 220 valence electrons. The van der Waals surface area contributed by atoms with E-state index in [1.807, 2.05) is 12.1 Å². The van der Waals surface area contributed by atoms with E-state index in [9.17, 15) is 29.3 Å². The number of hydrogen-bond acceptors (Lipinski definition) is 7. The van der Waals surface area contributed by atoms with Crippen molar-refractivity contribution < 1.29 is 24.1 Å². The smallest absolute Gasteiger partial charge is 0.272 e. The summed E-state index contributed by atoms with van der Waals surface area (Å²) in [4.78, 5) is 64.3. The van der Waals surface area contributed by atoms with E-state index in [1.165, 1.54) is 47.0 Å². The summed E-state index contributed by atoms with van der Waals surface area (Å²) in [5, 5.41) is 15.8. The number of amides is 4. The van der Waals surface area contributed by atoms with Crippen LogP contribution in [0.5, 0.6) is 0 Å². The largest absolute Gasteiger partial charge is 0.321 e. The lowest BCUT2D eigenvalue weighted by molar-refractivity contribution is -0.384. The van der Waals surface area contributed by atoms with Crippen molar-refractivity contribution in [2.24, 2.45) is 0 Å². The SMILES string of the molecule is O=C(Nc1ccc(SC2CC(=O)N(c3ccc(I)cc3)C2=O)cc1)/C(=C/c1ccc([N+](=O)[O-])cc1)NC(=O)c1ccccc1. The zero-order chi connectivity index (χ0) is 31.2. The Morgan fingerprint density at radius 1 is 0.909 bits per heavy atom. The molecule has 1 aliphatic heterocycles. The maximum atomic E-state index is 13.3. The average molecular weight is 719 g/mol. The third kappa shape index (κ3) is 7.38. The molecule has 12 heteroatoms. The second kappa shape index (κ2) is 13.7. The van der Waals surface area contributed by atoms with Gasteiger partial charge in [0, 0.05) is 38.3 Å². The Hall–Kier alpha value is -4.82. The summed E-state index contributed by atoms with van der Waals surface area (Å²) in [6.45, 7) is 0. The Bertz CT molecular complexity index is 1760. The first-order valence-corrected chi connectivity index (χ1v) is 15.2. The molecular weight excluding hydrogens is 695 g/mol. The van der Waals surface area contributed by atoms with E-state index in [2.05, 4.69) is 33.2 Å². The van der Waals surface area contributed by atoms with E-state index in [0.29, 0.717) is 22.5 Å². The van der Waals surface area contributed by atoms with Crippen molar-refractivity contribution in [3.8, 4) is 0 Å². The molecule has 10 nitrogen and oxygen atoms in total. The molecule has 4 aromatic carbocycles. The highest BCUT2D eigenvalue weighted by Gasteiger charge is 2.40. The van der Waals surface area contributed by atoms with Crippen molar-refractivity contribution >= 4 is 81.1 Å². The molecule has 0 aromatic heterocycles. The van der Waals surface area contributed by atoms with Crippen LogP contribution in [0, 0.1) is 13.7 Å². The number of thioether (sulfide) groups is 1. The lowest BCUT2D eigenvalue weighted by atomic mass is 10.1. The topological polar surface area (TPSA) is 139 Å². The lowest BCUT2D eigenvalue weighted by Crippen LogP contribution is -2.31. The summed E-state index contributed by atoms with van der Waals surface area (Å²) in [6, 6.07) is 27.9. The molecule has 1 atom stereocenters.